The lowest BCUT2D eigenvalue weighted by molar-refractivity contribution is -0.268. The molecule has 0 amide bonds. The van der Waals surface area contributed by atoms with Crippen LogP contribution in [0.2, 0.25) is 0 Å². The van der Waals surface area contributed by atoms with Gasteiger partial charge in [-0.25, -0.2) is 0 Å². The second-order valence-corrected chi connectivity index (χ2v) is 9.32. The molecule has 4 nitrogen and oxygen atoms in total. The van der Waals surface area contributed by atoms with Gasteiger partial charge in [0.15, 0.2) is 0 Å². The van der Waals surface area contributed by atoms with Crippen molar-refractivity contribution >= 4 is 5.78 Å². The summed E-state index contributed by atoms with van der Waals surface area (Å²) in [5.74, 6) is 1.18. The van der Waals surface area contributed by atoms with Crippen LogP contribution in [-0.2, 0) is 16.1 Å². The molecule has 0 radical (unpaired) electrons. The number of benzene rings is 1. The fourth-order valence-electron chi connectivity index (χ4n) is 7.11. The number of carbonyl (C=O) groups is 1. The molecule has 1 aromatic rings. The first-order valence-corrected chi connectivity index (χ1v) is 10.8. The summed E-state index contributed by atoms with van der Waals surface area (Å²) in [5, 5.41) is 12.0. The number of hydrogen-bond donors (Lipinski definition) is 1. The molecule has 1 N–H and O–H groups in total. The summed E-state index contributed by atoms with van der Waals surface area (Å²) in [6.45, 7) is 3.21. The molecule has 6 atom stereocenters. The largest absolute Gasteiger partial charge is 0.376 e. The molecule has 4 aliphatic rings. The lowest BCUT2D eigenvalue weighted by Crippen LogP contribution is -2.68. The Labute approximate surface area is 161 Å². The van der Waals surface area contributed by atoms with Crippen molar-refractivity contribution in [3.05, 3.63) is 35.9 Å². The van der Waals surface area contributed by atoms with Crippen molar-refractivity contribution in [2.75, 3.05) is 19.7 Å². The van der Waals surface area contributed by atoms with Crippen LogP contribution in [0.15, 0.2) is 30.3 Å². The summed E-state index contributed by atoms with van der Waals surface area (Å²) in [6.07, 6.45) is 6.65. The van der Waals surface area contributed by atoms with Crippen LogP contribution >= 0.6 is 0 Å². The number of ether oxygens (including phenoxy) is 1. The zero-order chi connectivity index (χ0) is 18.5. The topological polar surface area (TPSA) is 49.8 Å². The third-order valence-corrected chi connectivity index (χ3v) is 8.05. The van der Waals surface area contributed by atoms with Gasteiger partial charge in [0.2, 0.25) is 0 Å². The second kappa shape index (κ2) is 6.68. The maximum atomic E-state index is 12.9. The van der Waals surface area contributed by atoms with E-state index in [9.17, 15) is 9.90 Å². The van der Waals surface area contributed by atoms with Gasteiger partial charge in [0.05, 0.1) is 13.2 Å². The van der Waals surface area contributed by atoms with Crippen LogP contribution in [0, 0.1) is 23.2 Å². The van der Waals surface area contributed by atoms with Crippen LogP contribution in [0.3, 0.4) is 0 Å². The van der Waals surface area contributed by atoms with E-state index in [1.165, 1.54) is 5.56 Å². The number of carbonyl (C=O) groups excluding carboxylic acids is 1. The van der Waals surface area contributed by atoms with Gasteiger partial charge in [0.25, 0.3) is 0 Å². The number of rotatable bonds is 4. The molecule has 0 aromatic heterocycles. The molecule has 5 rings (SSSR count). The van der Waals surface area contributed by atoms with Crippen LogP contribution < -0.4 is 0 Å². The first-order chi connectivity index (χ1) is 13.1. The van der Waals surface area contributed by atoms with Gasteiger partial charge in [-0.3, -0.25) is 9.69 Å². The maximum absolute atomic E-state index is 12.9. The molecule has 4 fully saturated rings. The van der Waals surface area contributed by atoms with Gasteiger partial charge in [0, 0.05) is 30.8 Å². The Morgan fingerprint density at radius 1 is 1.19 bits per heavy atom. The number of nitrogens with zero attached hydrogens (tertiary/aromatic N) is 1. The average molecular weight is 370 g/mol. The Bertz CT molecular complexity index is 707. The Morgan fingerprint density at radius 2 is 2.00 bits per heavy atom. The van der Waals surface area contributed by atoms with Gasteiger partial charge in [-0.2, -0.15) is 0 Å². The van der Waals surface area contributed by atoms with E-state index in [-0.39, 0.29) is 11.3 Å². The molecule has 2 saturated heterocycles. The summed E-state index contributed by atoms with van der Waals surface area (Å²) in [6, 6.07) is 10.3. The second-order valence-electron chi connectivity index (χ2n) is 9.32. The van der Waals surface area contributed by atoms with Gasteiger partial charge in [0.1, 0.15) is 11.5 Å². The van der Waals surface area contributed by atoms with Gasteiger partial charge in [-0.05, 0) is 55.9 Å². The Balaban J connectivity index is 1.36. The Morgan fingerprint density at radius 3 is 2.85 bits per heavy atom. The van der Waals surface area contributed by atoms with Crippen molar-refractivity contribution in [3.63, 3.8) is 0 Å². The van der Waals surface area contributed by atoms with Gasteiger partial charge < -0.3 is 9.84 Å². The zero-order valence-electron chi connectivity index (χ0n) is 16.1. The van der Waals surface area contributed by atoms with E-state index >= 15 is 0 Å². The fourth-order valence-corrected chi connectivity index (χ4v) is 7.11. The summed E-state index contributed by atoms with van der Waals surface area (Å²) in [7, 11) is 0. The van der Waals surface area contributed by atoms with Crippen molar-refractivity contribution in [1.82, 2.24) is 4.90 Å². The molecule has 1 spiro atoms. The molecular weight excluding hydrogens is 338 g/mol. The van der Waals surface area contributed by atoms with Crippen LogP contribution in [0.4, 0.5) is 0 Å². The van der Waals surface area contributed by atoms with Crippen molar-refractivity contribution in [2.45, 2.75) is 57.3 Å². The standard InChI is InChI=1S/C23H31NO3/c25-21-13-19-12-18(16-27-15-17-6-2-1-3-7-17)14-23(26)22(19)9-5-11-24(23)10-4-8-20(21)22/h1-3,6-7,18-20,26H,4-5,8-16H2/t18-,19+,20-,22+,23?/m1/s1. The van der Waals surface area contributed by atoms with Crippen LogP contribution in [0.5, 0.6) is 0 Å². The van der Waals surface area contributed by atoms with E-state index in [1.807, 2.05) is 18.2 Å². The maximum Gasteiger partial charge on any atom is 0.137 e. The molecule has 146 valence electrons. The highest BCUT2D eigenvalue weighted by Crippen LogP contribution is 2.66. The highest BCUT2D eigenvalue weighted by Gasteiger charge is 2.70. The van der Waals surface area contributed by atoms with Gasteiger partial charge >= 0.3 is 0 Å². The minimum Gasteiger partial charge on any atom is -0.376 e. The lowest BCUT2D eigenvalue weighted by atomic mass is 9.53. The van der Waals surface area contributed by atoms with Crippen molar-refractivity contribution in [1.29, 1.82) is 0 Å². The predicted molar refractivity (Wildman–Crippen MR) is 103 cm³/mol. The van der Waals surface area contributed by atoms with Crippen LogP contribution in [-0.4, -0.2) is 41.2 Å². The molecular formula is C23H31NO3. The average Bonchev–Trinajstić information content (AvgIpc) is 2.91. The van der Waals surface area contributed by atoms with Crippen molar-refractivity contribution in [3.8, 4) is 0 Å². The SMILES string of the molecule is O=C1C[C@@H]2C[C@@H](COCc3ccccc3)CC3(O)N4CCC[C@H]1[C@]23CCC4. The lowest BCUT2D eigenvalue weighted by Gasteiger charge is -2.61. The Kier molecular flexibility index (Phi) is 4.41. The number of ketones is 1. The molecule has 4 heteroatoms. The third kappa shape index (κ3) is 2.64. The van der Waals surface area contributed by atoms with Crippen LogP contribution in [0.1, 0.15) is 50.5 Å². The highest BCUT2D eigenvalue weighted by atomic mass is 16.5. The third-order valence-electron chi connectivity index (χ3n) is 8.05. The van der Waals surface area contributed by atoms with Crippen molar-refractivity contribution < 1.29 is 14.6 Å². The fraction of sp³-hybridized carbons (Fsp3) is 0.696. The zero-order valence-corrected chi connectivity index (χ0v) is 16.1. The van der Waals surface area contributed by atoms with E-state index in [0.29, 0.717) is 37.3 Å². The summed E-state index contributed by atoms with van der Waals surface area (Å²) >= 11 is 0. The smallest absolute Gasteiger partial charge is 0.137 e. The summed E-state index contributed by atoms with van der Waals surface area (Å²) in [5.41, 5.74) is 0.200. The van der Waals surface area contributed by atoms with E-state index in [4.69, 9.17) is 4.74 Å². The number of piperidine rings is 1. The van der Waals surface area contributed by atoms with Gasteiger partial charge in [-0.1, -0.05) is 30.3 Å². The quantitative estimate of drug-likeness (QED) is 0.884. The first-order valence-electron chi connectivity index (χ1n) is 10.8. The van der Waals surface area contributed by atoms with E-state index in [2.05, 4.69) is 17.0 Å². The highest BCUT2D eigenvalue weighted by molar-refractivity contribution is 5.85. The molecule has 2 aliphatic carbocycles. The molecule has 1 aromatic carbocycles. The summed E-state index contributed by atoms with van der Waals surface area (Å²) in [4.78, 5) is 15.2. The molecule has 2 heterocycles. The minimum absolute atomic E-state index is 0.0870. The molecule has 2 bridgehead atoms. The molecule has 2 saturated carbocycles. The number of aliphatic hydroxyl groups is 1. The van der Waals surface area contributed by atoms with Crippen LogP contribution in [0.25, 0.3) is 0 Å². The van der Waals surface area contributed by atoms with E-state index < -0.39 is 5.72 Å². The van der Waals surface area contributed by atoms with Gasteiger partial charge in [-0.15, -0.1) is 0 Å². The minimum atomic E-state index is -0.803. The number of hydrogen-bond acceptors (Lipinski definition) is 4. The molecule has 27 heavy (non-hydrogen) atoms. The summed E-state index contributed by atoms with van der Waals surface area (Å²) < 4.78 is 6.05. The van der Waals surface area contributed by atoms with E-state index in [1.54, 1.807) is 0 Å². The predicted octanol–water partition coefficient (Wildman–Crippen LogP) is 3.38. The number of Topliss-reactive ketones (excluding diaryl/α,β-unsaturated/α-hetero) is 1. The molecule has 2 unspecified atom stereocenters. The normalized spacial score (nSPS) is 43.2. The van der Waals surface area contributed by atoms with Crippen molar-refractivity contribution in [2.24, 2.45) is 23.2 Å². The molecule has 2 aliphatic heterocycles. The monoisotopic (exact) mass is 369 g/mol. The Hall–Kier alpha value is -1.23. The van der Waals surface area contributed by atoms with E-state index in [0.717, 1.165) is 51.6 Å². The first kappa shape index (κ1) is 17.8.